The van der Waals surface area contributed by atoms with Gasteiger partial charge in [-0.25, -0.2) is 0 Å². The predicted molar refractivity (Wildman–Crippen MR) is 48.5 cm³/mol. The zero-order chi connectivity index (χ0) is 10.6. The molecule has 0 radical (unpaired) electrons. The van der Waals surface area contributed by atoms with Crippen LogP contribution in [0.4, 0.5) is 0 Å². The van der Waals surface area contributed by atoms with Crippen LogP contribution in [0.1, 0.15) is 13.3 Å². The number of nitriles is 1. The normalized spacial score (nSPS) is 14.6. The molecule has 0 bridgehead atoms. The Kier molecular flexibility index (Phi) is 9.17. The molecule has 0 saturated carbocycles. The van der Waals surface area contributed by atoms with Crippen molar-refractivity contribution in [3.05, 3.63) is 0 Å². The van der Waals surface area contributed by atoms with E-state index in [1.54, 1.807) is 13.0 Å². The van der Waals surface area contributed by atoms with Crippen LogP contribution in [0, 0.1) is 11.3 Å². The van der Waals surface area contributed by atoms with Crippen molar-refractivity contribution in [2.45, 2.75) is 13.3 Å². The average Bonchev–Trinajstić information content (AvgIpc) is 2.22. The molecule has 80 valence electrons. The van der Waals surface area contributed by atoms with Crippen molar-refractivity contribution in [1.82, 2.24) is 0 Å². The number of hydrogen-bond acceptors (Lipinski definition) is 5. The van der Waals surface area contributed by atoms with E-state index in [0.29, 0.717) is 6.61 Å². The van der Waals surface area contributed by atoms with Crippen LogP contribution in [0.25, 0.3) is 0 Å². The Bertz CT molecular complexity index is 172. The van der Waals surface area contributed by atoms with Crippen LogP contribution >= 0.6 is 0 Å². The maximum Gasteiger partial charge on any atom is 0.320 e. The molecule has 5 nitrogen and oxygen atoms in total. The van der Waals surface area contributed by atoms with Crippen LogP contribution in [0.2, 0.25) is 0 Å². The van der Waals surface area contributed by atoms with Gasteiger partial charge in [-0.15, -0.1) is 0 Å². The summed E-state index contributed by atoms with van der Waals surface area (Å²) in [4.78, 5) is 10.2. The third-order valence-corrected chi connectivity index (χ3v) is 1.27. The maximum absolute atomic E-state index is 10.2. The summed E-state index contributed by atoms with van der Waals surface area (Å²) in [5, 5.41) is 7.91. The highest BCUT2D eigenvalue weighted by molar-refractivity contribution is 5.71. The monoisotopic (exact) mass is 201 g/mol. The van der Waals surface area contributed by atoms with E-state index < -0.39 is 5.97 Å². The van der Waals surface area contributed by atoms with Crippen molar-refractivity contribution >= 4 is 5.97 Å². The maximum atomic E-state index is 10.2. The van der Waals surface area contributed by atoms with Gasteiger partial charge in [0, 0.05) is 0 Å². The summed E-state index contributed by atoms with van der Waals surface area (Å²) >= 11 is 0. The van der Waals surface area contributed by atoms with Crippen LogP contribution < -0.4 is 0 Å². The summed E-state index contributed by atoms with van der Waals surface area (Å²) in [6.07, 6.45) is -0.145. The lowest BCUT2D eigenvalue weighted by atomic mass is 10.5. The molecule has 0 amide bonds. The number of rotatable bonds is 2. The van der Waals surface area contributed by atoms with Gasteiger partial charge in [-0.3, -0.25) is 4.79 Å². The van der Waals surface area contributed by atoms with E-state index in [9.17, 15) is 4.79 Å². The first-order valence-corrected chi connectivity index (χ1v) is 4.49. The highest BCUT2D eigenvalue weighted by Crippen LogP contribution is 1.85. The molecule has 0 atom stereocenters. The van der Waals surface area contributed by atoms with Crippen LogP contribution in [0.15, 0.2) is 0 Å². The fourth-order valence-corrected chi connectivity index (χ4v) is 0.716. The third kappa shape index (κ3) is 8.97. The van der Waals surface area contributed by atoms with Crippen LogP contribution in [-0.2, 0) is 19.0 Å². The first-order valence-electron chi connectivity index (χ1n) is 4.49. The fraction of sp³-hybridized carbons (Fsp3) is 0.778. The highest BCUT2D eigenvalue weighted by Gasteiger charge is 1.96. The summed E-state index contributed by atoms with van der Waals surface area (Å²) in [5.41, 5.74) is 0. The minimum Gasteiger partial charge on any atom is -0.465 e. The molecule has 0 aromatic carbocycles. The second kappa shape index (κ2) is 9.96. The lowest BCUT2D eigenvalue weighted by Gasteiger charge is -2.09. The minimum atomic E-state index is -0.449. The van der Waals surface area contributed by atoms with E-state index in [0.717, 1.165) is 26.4 Å². The smallest absolute Gasteiger partial charge is 0.320 e. The molecule has 5 heteroatoms. The SMILES string of the molecule is C1COCCO1.CCOC(=O)CC#N. The molecule has 0 unspecified atom stereocenters. The summed E-state index contributed by atoms with van der Waals surface area (Å²) in [7, 11) is 0. The lowest BCUT2D eigenvalue weighted by Crippen LogP contribution is -2.16. The first kappa shape index (κ1) is 12.9. The standard InChI is InChI=1S/C5H7NO2.C4H8O2/c1-2-8-5(7)3-4-6;1-2-6-4-3-5-1/h2-3H2,1H3;1-4H2. The van der Waals surface area contributed by atoms with Gasteiger partial charge in [-0.2, -0.15) is 5.26 Å². The number of carbonyl (C=O) groups is 1. The quantitative estimate of drug-likeness (QED) is 0.608. The number of nitrogens with zero attached hydrogens (tertiary/aromatic N) is 1. The Balaban J connectivity index is 0.000000249. The van der Waals surface area contributed by atoms with Crippen LogP contribution in [0.3, 0.4) is 0 Å². The van der Waals surface area contributed by atoms with Crippen LogP contribution in [-0.4, -0.2) is 39.0 Å². The van der Waals surface area contributed by atoms with Crippen molar-refractivity contribution in [1.29, 1.82) is 5.26 Å². The van der Waals surface area contributed by atoms with E-state index in [1.807, 2.05) is 0 Å². The molecule has 0 spiro atoms. The molecule has 0 aromatic heterocycles. The lowest BCUT2D eigenvalue weighted by molar-refractivity contribution is -0.141. The molecule has 0 aliphatic carbocycles. The second-order valence-corrected chi connectivity index (χ2v) is 2.36. The Labute approximate surface area is 83.6 Å². The molecule has 14 heavy (non-hydrogen) atoms. The second-order valence-electron chi connectivity index (χ2n) is 2.36. The van der Waals surface area contributed by atoms with Crippen LogP contribution in [0.5, 0.6) is 0 Å². The van der Waals surface area contributed by atoms with Crippen molar-refractivity contribution < 1.29 is 19.0 Å². The van der Waals surface area contributed by atoms with Gasteiger partial charge in [0.05, 0.1) is 39.1 Å². The number of ether oxygens (including phenoxy) is 3. The summed E-state index contributed by atoms with van der Waals surface area (Å²) in [6, 6.07) is 1.68. The van der Waals surface area contributed by atoms with E-state index in [1.165, 1.54) is 0 Å². The topological polar surface area (TPSA) is 68.6 Å². The van der Waals surface area contributed by atoms with E-state index in [-0.39, 0.29) is 6.42 Å². The Morgan fingerprint density at radius 1 is 1.36 bits per heavy atom. The van der Waals surface area contributed by atoms with Gasteiger partial charge in [0.25, 0.3) is 0 Å². The molecule has 1 fully saturated rings. The van der Waals surface area contributed by atoms with Gasteiger partial charge >= 0.3 is 5.97 Å². The molecule has 1 saturated heterocycles. The van der Waals surface area contributed by atoms with Gasteiger partial charge in [-0.05, 0) is 6.92 Å². The van der Waals surface area contributed by atoms with Crippen molar-refractivity contribution in [3.8, 4) is 6.07 Å². The van der Waals surface area contributed by atoms with E-state index >= 15 is 0 Å². The molecular formula is C9H15NO4. The average molecular weight is 201 g/mol. The Morgan fingerprint density at radius 2 is 1.86 bits per heavy atom. The number of esters is 1. The summed E-state index contributed by atoms with van der Waals surface area (Å²) < 4.78 is 14.3. The van der Waals surface area contributed by atoms with Gasteiger partial charge in [0.15, 0.2) is 0 Å². The molecule has 1 aliphatic rings. The molecule has 1 rings (SSSR count). The molecule has 0 aromatic rings. The van der Waals surface area contributed by atoms with Crippen molar-refractivity contribution in [3.63, 3.8) is 0 Å². The molecule has 1 heterocycles. The zero-order valence-corrected chi connectivity index (χ0v) is 8.32. The van der Waals surface area contributed by atoms with E-state index in [4.69, 9.17) is 14.7 Å². The summed E-state index contributed by atoms with van der Waals surface area (Å²) in [6.45, 7) is 5.16. The Morgan fingerprint density at radius 3 is 2.14 bits per heavy atom. The molecular weight excluding hydrogens is 186 g/mol. The molecule has 0 N–H and O–H groups in total. The minimum absolute atomic E-state index is 0.145. The van der Waals surface area contributed by atoms with Gasteiger partial charge in [0.2, 0.25) is 0 Å². The highest BCUT2D eigenvalue weighted by atomic mass is 16.6. The summed E-state index contributed by atoms with van der Waals surface area (Å²) in [5.74, 6) is -0.449. The van der Waals surface area contributed by atoms with Gasteiger partial charge in [-0.1, -0.05) is 0 Å². The fourth-order valence-electron chi connectivity index (χ4n) is 0.716. The van der Waals surface area contributed by atoms with Crippen molar-refractivity contribution in [2.75, 3.05) is 33.0 Å². The number of hydrogen-bond donors (Lipinski definition) is 0. The first-order chi connectivity index (χ1) is 6.81. The predicted octanol–water partition coefficient (Wildman–Crippen LogP) is 0.496. The van der Waals surface area contributed by atoms with Crippen molar-refractivity contribution in [2.24, 2.45) is 0 Å². The van der Waals surface area contributed by atoms with Gasteiger partial charge < -0.3 is 14.2 Å². The zero-order valence-electron chi connectivity index (χ0n) is 8.32. The van der Waals surface area contributed by atoms with E-state index in [2.05, 4.69) is 4.74 Å². The number of carbonyl (C=O) groups excluding carboxylic acids is 1. The Hall–Kier alpha value is -1.12. The van der Waals surface area contributed by atoms with Gasteiger partial charge in [0.1, 0.15) is 6.42 Å². The largest absolute Gasteiger partial charge is 0.465 e. The molecule has 1 aliphatic heterocycles. The third-order valence-electron chi connectivity index (χ3n) is 1.27.